The molecule has 0 N–H and O–H groups in total. The first-order valence-corrected chi connectivity index (χ1v) is 7.04. The molecule has 0 radical (unpaired) electrons. The molecule has 1 amide bonds. The standard InChI is InChI=1S/C15H19N5O/c1-18-9-10-20(15(21)12-5-3-4-6-16-12)11-13(18)14-17-7-8-19(14)2/h3-8,13H,9-11H2,1-2H3/t13-/m1/s1. The Balaban J connectivity index is 1.80. The maximum Gasteiger partial charge on any atom is 0.272 e. The fourth-order valence-electron chi connectivity index (χ4n) is 2.69. The molecule has 0 bridgehead atoms. The van der Waals surface area contributed by atoms with Crippen LogP contribution in [0.25, 0.3) is 0 Å². The molecule has 0 saturated carbocycles. The van der Waals surface area contributed by atoms with Gasteiger partial charge in [-0.05, 0) is 19.2 Å². The maximum absolute atomic E-state index is 12.5. The first kappa shape index (κ1) is 13.8. The van der Waals surface area contributed by atoms with E-state index in [1.165, 1.54) is 0 Å². The highest BCUT2D eigenvalue weighted by Gasteiger charge is 2.31. The third-order valence-corrected chi connectivity index (χ3v) is 3.98. The molecule has 1 aliphatic rings. The Morgan fingerprint density at radius 1 is 1.19 bits per heavy atom. The van der Waals surface area contributed by atoms with Gasteiger partial charge >= 0.3 is 0 Å². The minimum Gasteiger partial charge on any atom is -0.337 e. The Morgan fingerprint density at radius 2 is 2.05 bits per heavy atom. The van der Waals surface area contributed by atoms with Crippen molar-refractivity contribution >= 4 is 5.91 Å². The van der Waals surface area contributed by atoms with Crippen molar-refractivity contribution in [3.63, 3.8) is 0 Å². The molecule has 0 aliphatic carbocycles. The van der Waals surface area contributed by atoms with Crippen molar-refractivity contribution in [3.05, 3.63) is 48.3 Å². The van der Waals surface area contributed by atoms with Crippen LogP contribution in [0.3, 0.4) is 0 Å². The SMILES string of the molecule is CN1CCN(C(=O)c2ccccn2)C[C@@H]1c1nccn1C. The molecule has 1 saturated heterocycles. The zero-order valence-electron chi connectivity index (χ0n) is 12.3. The van der Waals surface area contributed by atoms with Crippen LogP contribution >= 0.6 is 0 Å². The molecule has 6 nitrogen and oxygen atoms in total. The van der Waals surface area contributed by atoms with E-state index in [-0.39, 0.29) is 11.9 Å². The molecule has 1 fully saturated rings. The number of aromatic nitrogens is 3. The lowest BCUT2D eigenvalue weighted by molar-refractivity contribution is 0.0523. The van der Waals surface area contributed by atoms with Crippen LogP contribution in [0.1, 0.15) is 22.4 Å². The summed E-state index contributed by atoms with van der Waals surface area (Å²) in [4.78, 5) is 25.2. The van der Waals surface area contributed by atoms with Crippen molar-refractivity contribution in [2.24, 2.45) is 7.05 Å². The Labute approximate surface area is 124 Å². The number of piperazine rings is 1. The van der Waals surface area contributed by atoms with Gasteiger partial charge in [0.15, 0.2) is 0 Å². The summed E-state index contributed by atoms with van der Waals surface area (Å²) in [6.07, 6.45) is 5.38. The number of carbonyl (C=O) groups excluding carboxylic acids is 1. The summed E-state index contributed by atoms with van der Waals surface area (Å²) in [6, 6.07) is 5.53. The highest BCUT2D eigenvalue weighted by molar-refractivity contribution is 5.92. The summed E-state index contributed by atoms with van der Waals surface area (Å²) in [7, 11) is 4.05. The Hall–Kier alpha value is -2.21. The van der Waals surface area contributed by atoms with E-state index in [0.717, 1.165) is 12.4 Å². The molecule has 3 rings (SSSR count). The van der Waals surface area contributed by atoms with Gasteiger partial charge in [0.2, 0.25) is 0 Å². The normalized spacial score (nSPS) is 19.7. The average Bonchev–Trinajstić information content (AvgIpc) is 2.94. The first-order chi connectivity index (χ1) is 10.2. The summed E-state index contributed by atoms with van der Waals surface area (Å²) in [5, 5.41) is 0. The Morgan fingerprint density at radius 3 is 2.71 bits per heavy atom. The number of rotatable bonds is 2. The van der Waals surface area contributed by atoms with Gasteiger partial charge in [0.05, 0.1) is 6.04 Å². The highest BCUT2D eigenvalue weighted by atomic mass is 16.2. The quantitative estimate of drug-likeness (QED) is 0.824. The predicted molar refractivity (Wildman–Crippen MR) is 78.7 cm³/mol. The van der Waals surface area contributed by atoms with Crippen LogP contribution < -0.4 is 0 Å². The van der Waals surface area contributed by atoms with Gasteiger partial charge in [-0.15, -0.1) is 0 Å². The van der Waals surface area contributed by atoms with Crippen LogP contribution in [0.5, 0.6) is 0 Å². The van der Waals surface area contributed by atoms with Crippen molar-refractivity contribution in [1.82, 2.24) is 24.3 Å². The second-order valence-electron chi connectivity index (χ2n) is 5.36. The number of hydrogen-bond donors (Lipinski definition) is 0. The molecule has 2 aromatic rings. The van der Waals surface area contributed by atoms with E-state index in [0.29, 0.717) is 18.8 Å². The van der Waals surface area contributed by atoms with Crippen LogP contribution in [0, 0.1) is 0 Å². The number of nitrogens with zero attached hydrogens (tertiary/aromatic N) is 5. The van der Waals surface area contributed by atoms with Crippen molar-refractivity contribution in [1.29, 1.82) is 0 Å². The molecule has 6 heteroatoms. The fourth-order valence-corrected chi connectivity index (χ4v) is 2.69. The molecule has 0 unspecified atom stereocenters. The molecule has 3 heterocycles. The first-order valence-electron chi connectivity index (χ1n) is 7.04. The Kier molecular flexibility index (Phi) is 3.70. The second-order valence-corrected chi connectivity index (χ2v) is 5.36. The molecule has 1 atom stereocenters. The average molecular weight is 285 g/mol. The lowest BCUT2D eigenvalue weighted by Gasteiger charge is -2.38. The summed E-state index contributed by atoms with van der Waals surface area (Å²) in [6.45, 7) is 2.18. The molecular formula is C15H19N5O. The Bertz CT molecular complexity index is 624. The fraction of sp³-hybridized carbons (Fsp3) is 0.400. The molecule has 0 spiro atoms. The van der Waals surface area contributed by atoms with Crippen LogP contribution in [-0.2, 0) is 7.05 Å². The number of hydrogen-bond acceptors (Lipinski definition) is 4. The summed E-state index contributed by atoms with van der Waals surface area (Å²) in [5.41, 5.74) is 0.501. The van der Waals surface area contributed by atoms with E-state index in [1.807, 2.05) is 34.8 Å². The number of imidazole rings is 1. The molecule has 21 heavy (non-hydrogen) atoms. The van der Waals surface area contributed by atoms with Crippen LogP contribution in [0.15, 0.2) is 36.8 Å². The lowest BCUT2D eigenvalue weighted by atomic mass is 10.1. The predicted octanol–water partition coefficient (Wildman–Crippen LogP) is 0.944. The van der Waals surface area contributed by atoms with Gasteiger partial charge in [-0.2, -0.15) is 0 Å². The van der Waals surface area contributed by atoms with Gasteiger partial charge in [0.25, 0.3) is 5.91 Å². The van der Waals surface area contributed by atoms with Crippen LogP contribution in [0.2, 0.25) is 0 Å². The van der Waals surface area contributed by atoms with Crippen molar-refractivity contribution < 1.29 is 4.79 Å². The topological polar surface area (TPSA) is 54.3 Å². The van der Waals surface area contributed by atoms with Gasteiger partial charge in [-0.25, -0.2) is 4.98 Å². The van der Waals surface area contributed by atoms with Crippen molar-refractivity contribution in [2.45, 2.75) is 6.04 Å². The number of amides is 1. The van der Waals surface area contributed by atoms with Gasteiger partial charge in [-0.3, -0.25) is 14.7 Å². The van der Waals surface area contributed by atoms with Crippen molar-refractivity contribution in [3.8, 4) is 0 Å². The summed E-state index contributed by atoms with van der Waals surface area (Å²) in [5.74, 6) is 0.971. The smallest absolute Gasteiger partial charge is 0.272 e. The minimum absolute atomic E-state index is 0.0112. The monoisotopic (exact) mass is 285 g/mol. The zero-order valence-corrected chi connectivity index (χ0v) is 12.3. The van der Waals surface area contributed by atoms with Gasteiger partial charge in [0, 0.05) is 45.3 Å². The molecule has 0 aromatic carbocycles. The maximum atomic E-state index is 12.5. The zero-order chi connectivity index (χ0) is 14.8. The molecule has 1 aliphatic heterocycles. The summed E-state index contributed by atoms with van der Waals surface area (Å²) < 4.78 is 2.01. The van der Waals surface area contributed by atoms with Gasteiger partial charge < -0.3 is 9.47 Å². The van der Waals surface area contributed by atoms with E-state index >= 15 is 0 Å². The second kappa shape index (κ2) is 5.65. The van der Waals surface area contributed by atoms with E-state index in [4.69, 9.17) is 0 Å². The molecular weight excluding hydrogens is 266 g/mol. The van der Waals surface area contributed by atoms with Gasteiger partial charge in [0.1, 0.15) is 11.5 Å². The van der Waals surface area contributed by atoms with Crippen LogP contribution in [0.4, 0.5) is 0 Å². The molecule has 2 aromatic heterocycles. The van der Waals surface area contributed by atoms with E-state index in [2.05, 4.69) is 21.9 Å². The lowest BCUT2D eigenvalue weighted by Crippen LogP contribution is -2.49. The molecule has 110 valence electrons. The van der Waals surface area contributed by atoms with E-state index in [9.17, 15) is 4.79 Å². The van der Waals surface area contributed by atoms with Crippen molar-refractivity contribution in [2.75, 3.05) is 26.7 Å². The van der Waals surface area contributed by atoms with Gasteiger partial charge in [-0.1, -0.05) is 6.07 Å². The summed E-state index contributed by atoms with van der Waals surface area (Å²) >= 11 is 0. The minimum atomic E-state index is -0.0112. The third kappa shape index (κ3) is 2.67. The van der Waals surface area contributed by atoms with E-state index in [1.54, 1.807) is 18.5 Å². The largest absolute Gasteiger partial charge is 0.337 e. The third-order valence-electron chi connectivity index (χ3n) is 3.98. The van der Waals surface area contributed by atoms with Crippen LogP contribution in [-0.4, -0.2) is 56.9 Å². The number of aryl methyl sites for hydroxylation is 1. The number of pyridine rings is 1. The highest BCUT2D eigenvalue weighted by Crippen LogP contribution is 2.23. The number of carbonyl (C=O) groups is 1. The van der Waals surface area contributed by atoms with E-state index < -0.39 is 0 Å². The number of likely N-dealkylation sites (N-methyl/N-ethyl adjacent to an activating group) is 1.